The molecule has 0 spiro atoms. The second kappa shape index (κ2) is 14.6. The average Bonchev–Trinajstić information content (AvgIpc) is 3.36. The van der Waals surface area contributed by atoms with Crippen molar-refractivity contribution in [2.24, 2.45) is 0 Å². The first-order chi connectivity index (χ1) is 21.6. The number of carbonyl (C=O) groups excluding carboxylic acids is 1. The van der Waals surface area contributed by atoms with Gasteiger partial charge in [0.05, 0.1) is 28.1 Å². The van der Waals surface area contributed by atoms with E-state index in [0.717, 1.165) is 10.8 Å². The summed E-state index contributed by atoms with van der Waals surface area (Å²) in [5.74, 6) is 0.717. The van der Waals surface area contributed by atoms with E-state index in [1.54, 1.807) is 42.5 Å². The van der Waals surface area contributed by atoms with Gasteiger partial charge < -0.3 is 30.3 Å². The van der Waals surface area contributed by atoms with Crippen LogP contribution in [0.3, 0.4) is 0 Å². The van der Waals surface area contributed by atoms with Gasteiger partial charge in [-0.05, 0) is 65.6 Å². The predicted octanol–water partition coefficient (Wildman–Crippen LogP) is 5.03. The molecule has 3 aromatic carbocycles. The summed E-state index contributed by atoms with van der Waals surface area (Å²) in [6, 6.07) is 14.3. The predicted molar refractivity (Wildman–Crippen MR) is 171 cm³/mol. The van der Waals surface area contributed by atoms with Gasteiger partial charge in [0, 0.05) is 29.3 Å². The lowest BCUT2D eigenvalue weighted by Gasteiger charge is -2.17. The third kappa shape index (κ3) is 8.52. The summed E-state index contributed by atoms with van der Waals surface area (Å²) in [5, 5.41) is 25.3. The Kier molecular flexibility index (Phi) is 10.6. The molecule has 4 N–H and O–H groups in total. The quantitative estimate of drug-likeness (QED) is 0.141. The number of anilines is 3. The summed E-state index contributed by atoms with van der Waals surface area (Å²) < 4.78 is 49.3. The highest BCUT2D eigenvalue weighted by Gasteiger charge is 2.32. The van der Waals surface area contributed by atoms with Gasteiger partial charge in [-0.3, -0.25) is 4.79 Å². The fourth-order valence-electron chi connectivity index (χ4n) is 4.59. The van der Waals surface area contributed by atoms with Crippen LogP contribution in [0.15, 0.2) is 60.9 Å². The van der Waals surface area contributed by atoms with Crippen molar-refractivity contribution in [2.75, 3.05) is 29.6 Å². The molecule has 0 aliphatic carbocycles. The van der Waals surface area contributed by atoms with E-state index in [0.29, 0.717) is 50.9 Å². The van der Waals surface area contributed by atoms with Gasteiger partial charge in [0.25, 0.3) is 0 Å². The normalized spacial score (nSPS) is 16.3. The van der Waals surface area contributed by atoms with E-state index in [1.165, 1.54) is 18.5 Å². The maximum atomic E-state index is 13.5. The molecule has 1 fully saturated rings. The summed E-state index contributed by atoms with van der Waals surface area (Å²) in [7, 11) is -2.36. The number of halogens is 2. The molecule has 1 saturated heterocycles. The Morgan fingerprint density at radius 2 is 1.98 bits per heavy atom. The maximum absolute atomic E-state index is 13.5. The van der Waals surface area contributed by atoms with Crippen LogP contribution in [-0.4, -0.2) is 64.8 Å². The van der Waals surface area contributed by atoms with Crippen molar-refractivity contribution in [1.82, 2.24) is 9.97 Å². The van der Waals surface area contributed by atoms with E-state index in [-0.39, 0.29) is 43.3 Å². The number of hydrogen-bond acceptors (Lipinski definition) is 11. The zero-order valence-electron chi connectivity index (χ0n) is 23.8. The van der Waals surface area contributed by atoms with Crippen molar-refractivity contribution < 1.29 is 37.3 Å². The van der Waals surface area contributed by atoms with E-state index in [2.05, 4.69) is 20.6 Å². The van der Waals surface area contributed by atoms with Crippen LogP contribution in [0.4, 0.5) is 21.6 Å². The fraction of sp³-hybridized carbons (Fsp3) is 0.300. The molecule has 11 nitrogen and oxygen atoms in total. The van der Waals surface area contributed by atoms with Crippen molar-refractivity contribution >= 4 is 65.3 Å². The Hall–Kier alpha value is -3.69. The zero-order valence-corrected chi connectivity index (χ0v) is 26.2. The number of aromatic nitrogens is 2. The number of fused-ring (bicyclic) bond motifs is 1. The van der Waals surface area contributed by atoms with Gasteiger partial charge in [-0.15, -0.1) is 0 Å². The first-order valence-corrected chi connectivity index (χ1v) is 17.4. The molecule has 0 saturated carbocycles. The molecular formula is C30H30ClFN4O7S2. The second-order valence-electron chi connectivity index (χ2n) is 10.2. The number of nitrogens with zero attached hydrogens (tertiary/aromatic N) is 2. The molecule has 1 aliphatic rings. The van der Waals surface area contributed by atoms with Crippen LogP contribution in [0.2, 0.25) is 5.02 Å². The summed E-state index contributed by atoms with van der Waals surface area (Å²) in [6.07, 6.45) is 0.854. The molecule has 0 bridgehead atoms. The van der Waals surface area contributed by atoms with Crippen molar-refractivity contribution in [2.45, 2.75) is 37.2 Å². The Bertz CT molecular complexity index is 1800. The van der Waals surface area contributed by atoms with Crippen molar-refractivity contribution in [3.05, 3.63) is 77.3 Å². The summed E-state index contributed by atoms with van der Waals surface area (Å²) >= 11 is 6.47. The Balaban J connectivity index is 1.35. The number of rotatable bonds is 13. The van der Waals surface area contributed by atoms with Gasteiger partial charge in [0.2, 0.25) is 14.8 Å². The highest BCUT2D eigenvalue weighted by Crippen LogP contribution is 2.36. The molecule has 1 amide bonds. The molecule has 45 heavy (non-hydrogen) atoms. The first kappa shape index (κ1) is 32.7. The minimum absolute atomic E-state index is 0.0241. The lowest BCUT2D eigenvalue weighted by Crippen LogP contribution is -2.22. The van der Waals surface area contributed by atoms with Crippen LogP contribution in [0, 0.1) is 5.82 Å². The second-order valence-corrected chi connectivity index (χ2v) is 15.0. The van der Waals surface area contributed by atoms with Gasteiger partial charge in [0.1, 0.15) is 48.8 Å². The minimum Gasteiger partial charge on any atom is -0.489 e. The van der Waals surface area contributed by atoms with Crippen LogP contribution in [0.1, 0.15) is 24.8 Å². The van der Waals surface area contributed by atoms with Gasteiger partial charge in [0.15, 0.2) is 0 Å². The number of nitrogens with one attached hydrogen (secondary N) is 2. The van der Waals surface area contributed by atoms with E-state index in [9.17, 15) is 27.8 Å². The largest absolute Gasteiger partial charge is 0.489 e. The van der Waals surface area contributed by atoms with Gasteiger partial charge in [-0.2, -0.15) is 0 Å². The molecule has 1 aromatic heterocycles. The minimum atomic E-state index is -3.27. The van der Waals surface area contributed by atoms with Gasteiger partial charge in [-0.25, -0.2) is 22.8 Å². The topological polar surface area (TPSA) is 160 Å². The van der Waals surface area contributed by atoms with E-state index in [1.807, 2.05) is 0 Å². The number of hydrogen-bond donors (Lipinski definition) is 4. The molecule has 5 rings (SSSR count). The third-order valence-corrected chi connectivity index (χ3v) is 11.5. The van der Waals surface area contributed by atoms with Gasteiger partial charge >= 0.3 is 0 Å². The van der Waals surface area contributed by atoms with E-state index in [4.69, 9.17) is 21.1 Å². The fourth-order valence-corrected chi connectivity index (χ4v) is 8.73. The monoisotopic (exact) mass is 676 g/mol. The van der Waals surface area contributed by atoms with Crippen LogP contribution in [-0.2, 0) is 20.3 Å². The molecule has 0 radical (unpaired) electrons. The van der Waals surface area contributed by atoms with Crippen LogP contribution < -0.4 is 20.1 Å². The van der Waals surface area contributed by atoms with E-state index >= 15 is 0 Å². The maximum Gasteiger partial charge on any atom is 0.224 e. The van der Waals surface area contributed by atoms with Crippen molar-refractivity contribution in [3.8, 4) is 11.5 Å². The van der Waals surface area contributed by atoms with Crippen molar-refractivity contribution in [1.29, 1.82) is 0 Å². The lowest BCUT2D eigenvalue weighted by molar-refractivity contribution is -0.116. The summed E-state index contributed by atoms with van der Waals surface area (Å²) in [6.45, 7) is -0.633. The lowest BCUT2D eigenvalue weighted by atomic mass is 10.1. The zero-order chi connectivity index (χ0) is 32.0. The number of benzene rings is 3. The van der Waals surface area contributed by atoms with Crippen LogP contribution in [0.25, 0.3) is 10.9 Å². The first-order valence-electron chi connectivity index (χ1n) is 13.9. The molecule has 1 aliphatic heterocycles. The molecule has 2 unspecified atom stereocenters. The average molecular weight is 677 g/mol. The molecule has 2 heterocycles. The number of ether oxygens (including phenoxy) is 2. The highest BCUT2D eigenvalue weighted by atomic mass is 35.5. The van der Waals surface area contributed by atoms with E-state index < -0.39 is 32.7 Å². The highest BCUT2D eigenvalue weighted by molar-refractivity contribution is 8.72. The number of amides is 1. The molecule has 2 atom stereocenters. The summed E-state index contributed by atoms with van der Waals surface area (Å²) in [4.78, 5) is 21.6. The Morgan fingerprint density at radius 3 is 2.71 bits per heavy atom. The van der Waals surface area contributed by atoms with Crippen LogP contribution >= 0.6 is 22.4 Å². The number of aliphatic hydroxyl groups excluding tert-OH is 2. The Labute approximate surface area is 267 Å². The molecule has 15 heteroatoms. The van der Waals surface area contributed by atoms with Gasteiger partial charge in [-0.1, -0.05) is 23.7 Å². The SMILES string of the molecule is O=C(CCC1CCSS1(=O)=O)Nc1cc2c(Nc3ccc(OCc4cccc(F)c4)c(Cl)c3)ncnc2cc1OCC(O)CO. The molecule has 238 valence electrons. The van der Waals surface area contributed by atoms with Crippen LogP contribution in [0.5, 0.6) is 11.5 Å². The standard InChI is InChI=1S/C30H30ClFN4O7S2/c31-24-11-20(4-6-27(24)42-15-18-2-1-3-19(32)10-18)35-30-23-12-26(36-29(39)7-5-22-8-9-44-45(22,40)41)28(43-16-21(38)14-37)13-25(23)33-17-34-30/h1-4,6,10-13,17,21-22,37-38H,5,7-9,14-16H2,(H,36,39)(H,33,34,35). The molecular weight excluding hydrogens is 647 g/mol. The summed E-state index contributed by atoms with van der Waals surface area (Å²) in [5.41, 5.74) is 1.93. The smallest absolute Gasteiger partial charge is 0.224 e. The van der Waals surface area contributed by atoms with Crippen molar-refractivity contribution in [3.63, 3.8) is 0 Å². The Morgan fingerprint density at radius 1 is 1.13 bits per heavy atom. The molecule has 4 aromatic rings. The third-order valence-electron chi connectivity index (χ3n) is 6.92. The number of carbonyl (C=O) groups is 1. The number of aliphatic hydroxyl groups is 2.